The van der Waals surface area contributed by atoms with Crippen molar-refractivity contribution in [2.24, 2.45) is 5.92 Å². The molecule has 0 saturated heterocycles. The Morgan fingerprint density at radius 2 is 1.96 bits per heavy atom. The molecule has 0 spiro atoms. The summed E-state index contributed by atoms with van der Waals surface area (Å²) in [6.45, 7) is 6.88. The fourth-order valence-corrected chi connectivity index (χ4v) is 4.44. The van der Waals surface area contributed by atoms with E-state index in [2.05, 4.69) is 52.6 Å². The van der Waals surface area contributed by atoms with Crippen LogP contribution in [0.25, 0.3) is 10.9 Å². The van der Waals surface area contributed by atoms with E-state index in [-0.39, 0.29) is 5.69 Å². The van der Waals surface area contributed by atoms with Crippen LogP contribution in [0.4, 0.5) is 5.82 Å². The topological polar surface area (TPSA) is 58.4 Å². The van der Waals surface area contributed by atoms with Gasteiger partial charge in [-0.3, -0.25) is 0 Å². The van der Waals surface area contributed by atoms with Gasteiger partial charge in [-0.2, -0.15) is 0 Å². The monoisotopic (exact) mass is 375 g/mol. The Balaban J connectivity index is 1.70. The van der Waals surface area contributed by atoms with E-state index in [4.69, 9.17) is 0 Å². The van der Waals surface area contributed by atoms with Gasteiger partial charge < -0.3 is 14.6 Å². The van der Waals surface area contributed by atoms with Crippen LogP contribution in [-0.4, -0.2) is 27.2 Å². The van der Waals surface area contributed by atoms with Crippen molar-refractivity contribution in [3.05, 3.63) is 58.4 Å². The van der Waals surface area contributed by atoms with Crippen LogP contribution in [0.3, 0.4) is 0 Å². The minimum atomic E-state index is -0.965. The van der Waals surface area contributed by atoms with E-state index >= 15 is 0 Å². The van der Waals surface area contributed by atoms with Crippen molar-refractivity contribution in [2.45, 2.75) is 46.2 Å². The fourth-order valence-electron chi connectivity index (χ4n) is 4.44. The smallest absolute Gasteiger partial charge is 0.354 e. The zero-order chi connectivity index (χ0) is 19.4. The number of hydrogen-bond acceptors (Lipinski definition) is 3. The van der Waals surface area contributed by atoms with E-state index in [0.29, 0.717) is 0 Å². The van der Waals surface area contributed by atoms with Crippen LogP contribution in [0.2, 0.25) is 0 Å². The van der Waals surface area contributed by atoms with Crippen molar-refractivity contribution < 1.29 is 9.90 Å². The first-order valence-corrected chi connectivity index (χ1v) is 10.1. The van der Waals surface area contributed by atoms with Gasteiger partial charge in [-0.05, 0) is 61.8 Å². The Labute approximate surface area is 164 Å². The first-order valence-electron chi connectivity index (χ1n) is 10.1. The molecule has 2 aliphatic rings. The molecule has 2 aromatic heterocycles. The molecule has 1 saturated carbocycles. The van der Waals surface area contributed by atoms with Gasteiger partial charge in [-0.15, -0.1) is 0 Å². The number of carbonyl (C=O) groups is 1. The van der Waals surface area contributed by atoms with Crippen LogP contribution < -0.4 is 4.90 Å². The Hall–Kier alpha value is -2.82. The molecule has 3 aromatic rings. The molecule has 0 radical (unpaired) electrons. The summed E-state index contributed by atoms with van der Waals surface area (Å²) < 4.78 is 2.39. The number of aromatic nitrogens is 2. The normalized spacial score (nSPS) is 16.4. The summed E-state index contributed by atoms with van der Waals surface area (Å²) in [6, 6.07) is 10.3. The molecule has 5 nitrogen and oxygen atoms in total. The lowest BCUT2D eigenvalue weighted by Crippen LogP contribution is -2.32. The number of fused-ring (bicyclic) bond motifs is 2. The third kappa shape index (κ3) is 2.77. The summed E-state index contributed by atoms with van der Waals surface area (Å²) in [5.41, 5.74) is 6.31. The first kappa shape index (κ1) is 17.3. The molecule has 1 fully saturated rings. The number of anilines is 1. The van der Waals surface area contributed by atoms with Crippen LogP contribution in [0.15, 0.2) is 30.3 Å². The number of aryl methyl sites for hydroxylation is 1. The van der Waals surface area contributed by atoms with Gasteiger partial charge in [0.25, 0.3) is 0 Å². The molecule has 1 N–H and O–H groups in total. The Morgan fingerprint density at radius 1 is 1.21 bits per heavy atom. The molecule has 0 atom stereocenters. The predicted octanol–water partition coefficient (Wildman–Crippen LogP) is 4.32. The third-order valence-electron chi connectivity index (χ3n) is 6.38. The van der Waals surface area contributed by atoms with Gasteiger partial charge >= 0.3 is 5.97 Å². The molecular weight excluding hydrogens is 350 g/mol. The third-order valence-corrected chi connectivity index (χ3v) is 6.38. The zero-order valence-electron chi connectivity index (χ0n) is 16.4. The van der Waals surface area contributed by atoms with Crippen molar-refractivity contribution in [2.75, 3.05) is 11.4 Å². The SMILES string of the molecule is Cc1c(C)n(CC2CC2)c2c(N3CCc4ccccc4C3)nc(C(=O)O)cc12. The number of carboxylic acid groups (broad SMARTS) is 1. The lowest BCUT2D eigenvalue weighted by Gasteiger charge is -2.31. The summed E-state index contributed by atoms with van der Waals surface area (Å²) in [6.07, 6.45) is 3.52. The number of carboxylic acids is 1. The summed E-state index contributed by atoms with van der Waals surface area (Å²) in [7, 11) is 0. The van der Waals surface area contributed by atoms with E-state index in [1.165, 1.54) is 35.2 Å². The Morgan fingerprint density at radius 3 is 2.68 bits per heavy atom. The molecule has 1 aliphatic heterocycles. The van der Waals surface area contributed by atoms with E-state index in [1.54, 1.807) is 6.07 Å². The van der Waals surface area contributed by atoms with E-state index in [9.17, 15) is 9.90 Å². The number of benzene rings is 1. The van der Waals surface area contributed by atoms with Gasteiger partial charge in [0.15, 0.2) is 11.5 Å². The molecule has 0 bridgehead atoms. The maximum absolute atomic E-state index is 11.8. The standard InChI is InChI=1S/C23H25N3O2/c1-14-15(2)26(12-16-7-8-16)21-19(14)11-20(23(27)28)24-22(21)25-10-9-17-5-3-4-6-18(17)13-25/h3-6,11,16H,7-10,12-13H2,1-2H3,(H,27,28). The second kappa shape index (κ2) is 6.36. The van der Waals surface area contributed by atoms with Crippen LogP contribution in [0.1, 0.15) is 45.7 Å². The van der Waals surface area contributed by atoms with Gasteiger partial charge in [0.2, 0.25) is 0 Å². The average Bonchev–Trinajstić information content (AvgIpc) is 3.50. The largest absolute Gasteiger partial charge is 0.477 e. The molecule has 0 amide bonds. The average molecular weight is 375 g/mol. The van der Waals surface area contributed by atoms with Crippen molar-refractivity contribution >= 4 is 22.7 Å². The highest BCUT2D eigenvalue weighted by atomic mass is 16.4. The van der Waals surface area contributed by atoms with E-state index in [1.807, 2.05) is 0 Å². The summed E-state index contributed by atoms with van der Waals surface area (Å²) >= 11 is 0. The number of pyridine rings is 1. The van der Waals surface area contributed by atoms with Crippen LogP contribution >= 0.6 is 0 Å². The molecule has 5 rings (SSSR count). The van der Waals surface area contributed by atoms with Crippen LogP contribution in [0.5, 0.6) is 0 Å². The molecule has 3 heterocycles. The van der Waals surface area contributed by atoms with Crippen molar-refractivity contribution in [3.8, 4) is 0 Å². The van der Waals surface area contributed by atoms with Gasteiger partial charge in [-0.1, -0.05) is 24.3 Å². The van der Waals surface area contributed by atoms with E-state index in [0.717, 1.165) is 48.7 Å². The zero-order valence-corrected chi connectivity index (χ0v) is 16.4. The molecule has 28 heavy (non-hydrogen) atoms. The number of hydrogen-bond donors (Lipinski definition) is 1. The number of nitrogens with zero attached hydrogens (tertiary/aromatic N) is 3. The molecule has 1 aromatic carbocycles. The second-order valence-corrected chi connectivity index (χ2v) is 8.24. The van der Waals surface area contributed by atoms with Gasteiger partial charge in [0.05, 0.1) is 5.52 Å². The fraction of sp³-hybridized carbons (Fsp3) is 0.391. The van der Waals surface area contributed by atoms with E-state index < -0.39 is 5.97 Å². The van der Waals surface area contributed by atoms with Crippen LogP contribution in [-0.2, 0) is 19.5 Å². The number of rotatable bonds is 4. The highest BCUT2D eigenvalue weighted by Gasteiger charge is 2.28. The van der Waals surface area contributed by atoms with Crippen molar-refractivity contribution in [1.29, 1.82) is 0 Å². The van der Waals surface area contributed by atoms with Gasteiger partial charge in [0.1, 0.15) is 0 Å². The minimum absolute atomic E-state index is 0.132. The molecule has 1 aliphatic carbocycles. The lowest BCUT2D eigenvalue weighted by molar-refractivity contribution is 0.0691. The molecule has 5 heteroatoms. The summed E-state index contributed by atoms with van der Waals surface area (Å²) in [5, 5.41) is 10.7. The van der Waals surface area contributed by atoms with Gasteiger partial charge in [-0.25, -0.2) is 9.78 Å². The number of aromatic carboxylic acids is 1. The van der Waals surface area contributed by atoms with Crippen molar-refractivity contribution in [3.63, 3.8) is 0 Å². The second-order valence-electron chi connectivity index (χ2n) is 8.24. The molecular formula is C23H25N3O2. The highest BCUT2D eigenvalue weighted by molar-refractivity contribution is 5.99. The van der Waals surface area contributed by atoms with Crippen molar-refractivity contribution in [1.82, 2.24) is 9.55 Å². The molecule has 144 valence electrons. The first-order chi connectivity index (χ1) is 13.5. The Bertz CT molecular complexity index is 1090. The van der Waals surface area contributed by atoms with Gasteiger partial charge in [0, 0.05) is 30.7 Å². The highest BCUT2D eigenvalue weighted by Crippen LogP contribution is 2.38. The quantitative estimate of drug-likeness (QED) is 0.738. The summed E-state index contributed by atoms with van der Waals surface area (Å²) in [4.78, 5) is 18.7. The Kier molecular flexibility index (Phi) is 3.93. The maximum atomic E-state index is 11.8. The predicted molar refractivity (Wildman–Crippen MR) is 110 cm³/mol. The molecule has 0 unspecified atom stereocenters. The van der Waals surface area contributed by atoms with Crippen LogP contribution in [0, 0.1) is 19.8 Å². The maximum Gasteiger partial charge on any atom is 0.354 e. The minimum Gasteiger partial charge on any atom is -0.477 e. The lowest BCUT2D eigenvalue weighted by atomic mass is 10.00. The summed E-state index contributed by atoms with van der Waals surface area (Å²) in [5.74, 6) is 0.594.